The van der Waals surface area contributed by atoms with Crippen molar-refractivity contribution in [1.29, 1.82) is 0 Å². The number of nitrogens with zero attached hydrogens (tertiary/aromatic N) is 1. The minimum Gasteiger partial charge on any atom is -0.490 e. The number of hydrogen-bond donors (Lipinski definition) is 1. The molecule has 0 bridgehead atoms. The third-order valence-corrected chi connectivity index (χ3v) is 5.06. The summed E-state index contributed by atoms with van der Waals surface area (Å²) in [6.45, 7) is 6.54. The van der Waals surface area contributed by atoms with E-state index in [1.807, 2.05) is 31.2 Å². The molecule has 2 fully saturated rings. The third-order valence-electron chi connectivity index (χ3n) is 5.06. The first kappa shape index (κ1) is 17.5. The van der Waals surface area contributed by atoms with Crippen molar-refractivity contribution in [2.24, 2.45) is 5.92 Å². The van der Waals surface area contributed by atoms with Gasteiger partial charge in [-0.25, -0.2) is 0 Å². The van der Waals surface area contributed by atoms with Crippen LogP contribution in [0.2, 0.25) is 0 Å². The number of benzene rings is 1. The quantitative estimate of drug-likeness (QED) is 0.829. The monoisotopic (exact) mass is 335 g/mol. The molecule has 1 aromatic carbocycles. The molecule has 3 atom stereocenters. The van der Waals surface area contributed by atoms with E-state index < -0.39 is 0 Å². The Labute approximate surface area is 144 Å². The average molecular weight is 335 g/mol. The Balaban J connectivity index is 1.52. The van der Waals surface area contributed by atoms with Crippen molar-refractivity contribution in [1.82, 2.24) is 4.90 Å². The lowest BCUT2D eigenvalue weighted by atomic mass is 9.89. The Morgan fingerprint density at radius 2 is 2.00 bits per heavy atom. The second-order valence-corrected chi connectivity index (χ2v) is 6.57. The topological polar surface area (TPSA) is 51.2 Å². The maximum atomic E-state index is 10.3. The largest absolute Gasteiger partial charge is 0.490 e. The number of para-hydroxylation sites is 2. The highest BCUT2D eigenvalue weighted by atomic mass is 16.5. The molecule has 5 heteroatoms. The molecule has 1 N–H and O–H groups in total. The number of hydrogen-bond acceptors (Lipinski definition) is 5. The highest BCUT2D eigenvalue weighted by molar-refractivity contribution is 5.39. The highest BCUT2D eigenvalue weighted by Crippen LogP contribution is 2.30. The predicted molar refractivity (Wildman–Crippen MR) is 92.6 cm³/mol. The van der Waals surface area contributed by atoms with E-state index in [2.05, 4.69) is 4.90 Å². The lowest BCUT2D eigenvalue weighted by molar-refractivity contribution is -0.0634. The average Bonchev–Trinajstić information content (AvgIpc) is 3.05. The number of likely N-dealkylation sites (tertiary alicyclic amines) is 1. The molecule has 2 saturated heterocycles. The molecule has 134 valence electrons. The SMILES string of the molecule is CCOc1ccccc1OCCN1CCC[C@@H]1[C@H]1COCC[C@H]1O. The summed E-state index contributed by atoms with van der Waals surface area (Å²) >= 11 is 0. The van der Waals surface area contributed by atoms with E-state index in [1.165, 1.54) is 6.42 Å². The van der Waals surface area contributed by atoms with Gasteiger partial charge >= 0.3 is 0 Å². The lowest BCUT2D eigenvalue weighted by Gasteiger charge is -2.37. The van der Waals surface area contributed by atoms with Crippen LogP contribution in [0, 0.1) is 5.92 Å². The van der Waals surface area contributed by atoms with Crippen molar-refractivity contribution in [3.63, 3.8) is 0 Å². The molecule has 2 aliphatic heterocycles. The molecule has 0 saturated carbocycles. The first-order valence-electron chi connectivity index (χ1n) is 9.14. The van der Waals surface area contributed by atoms with Gasteiger partial charge in [0.2, 0.25) is 0 Å². The summed E-state index contributed by atoms with van der Waals surface area (Å²) in [4.78, 5) is 2.45. The van der Waals surface area contributed by atoms with Gasteiger partial charge in [-0.3, -0.25) is 4.90 Å². The standard InChI is InChI=1S/C19H29NO4/c1-2-23-18-7-3-4-8-19(18)24-13-11-20-10-5-6-16(20)15-14-22-12-9-17(15)21/h3-4,7-8,15-17,21H,2,5-6,9-14H2,1H3/t15-,16-,17-/m1/s1. The van der Waals surface area contributed by atoms with E-state index >= 15 is 0 Å². The van der Waals surface area contributed by atoms with Crippen molar-refractivity contribution in [2.45, 2.75) is 38.3 Å². The first-order chi connectivity index (χ1) is 11.8. The van der Waals surface area contributed by atoms with Gasteiger partial charge < -0.3 is 19.3 Å². The van der Waals surface area contributed by atoms with Crippen molar-refractivity contribution >= 4 is 0 Å². The zero-order valence-electron chi connectivity index (χ0n) is 14.5. The fourth-order valence-electron chi connectivity index (χ4n) is 3.85. The molecule has 0 aromatic heterocycles. The van der Waals surface area contributed by atoms with E-state index in [-0.39, 0.29) is 12.0 Å². The van der Waals surface area contributed by atoms with E-state index in [9.17, 15) is 5.11 Å². The van der Waals surface area contributed by atoms with Gasteiger partial charge in [0.1, 0.15) is 6.61 Å². The Morgan fingerprint density at radius 3 is 2.75 bits per heavy atom. The molecule has 0 amide bonds. The Kier molecular flexibility index (Phi) is 6.35. The van der Waals surface area contributed by atoms with Crippen LogP contribution in [-0.4, -0.2) is 61.7 Å². The Bertz CT molecular complexity index is 510. The van der Waals surface area contributed by atoms with Crippen LogP contribution in [0.1, 0.15) is 26.2 Å². The molecule has 0 unspecified atom stereocenters. The third kappa shape index (κ3) is 4.21. The molecular formula is C19H29NO4. The van der Waals surface area contributed by atoms with Crippen LogP contribution >= 0.6 is 0 Å². The van der Waals surface area contributed by atoms with Crippen LogP contribution in [0.3, 0.4) is 0 Å². The molecule has 24 heavy (non-hydrogen) atoms. The Hall–Kier alpha value is -1.30. The van der Waals surface area contributed by atoms with Gasteiger partial charge in [0.15, 0.2) is 11.5 Å². The zero-order valence-corrected chi connectivity index (χ0v) is 14.5. The van der Waals surface area contributed by atoms with Gasteiger partial charge in [-0.15, -0.1) is 0 Å². The van der Waals surface area contributed by atoms with E-state index in [1.54, 1.807) is 0 Å². The van der Waals surface area contributed by atoms with Gasteiger partial charge in [-0.2, -0.15) is 0 Å². The van der Waals surface area contributed by atoms with Crippen LogP contribution in [0.15, 0.2) is 24.3 Å². The Morgan fingerprint density at radius 1 is 1.21 bits per heavy atom. The number of aliphatic hydroxyl groups excluding tert-OH is 1. The minimum atomic E-state index is -0.232. The van der Waals surface area contributed by atoms with E-state index in [4.69, 9.17) is 14.2 Å². The summed E-state index contributed by atoms with van der Waals surface area (Å²) in [5, 5.41) is 10.3. The zero-order chi connectivity index (χ0) is 16.8. The summed E-state index contributed by atoms with van der Waals surface area (Å²) in [6, 6.07) is 8.22. The molecule has 5 nitrogen and oxygen atoms in total. The summed E-state index contributed by atoms with van der Waals surface area (Å²) in [5.74, 6) is 1.84. The van der Waals surface area contributed by atoms with Gasteiger partial charge in [0, 0.05) is 25.1 Å². The van der Waals surface area contributed by atoms with Gasteiger partial charge in [-0.1, -0.05) is 12.1 Å². The molecular weight excluding hydrogens is 306 g/mol. The number of aliphatic hydroxyl groups is 1. The molecule has 2 heterocycles. The number of ether oxygens (including phenoxy) is 3. The van der Waals surface area contributed by atoms with Crippen molar-refractivity contribution in [3.8, 4) is 11.5 Å². The highest BCUT2D eigenvalue weighted by Gasteiger charge is 2.37. The first-order valence-corrected chi connectivity index (χ1v) is 9.14. The normalized spacial score (nSPS) is 28.0. The molecule has 3 rings (SSSR count). The van der Waals surface area contributed by atoms with Crippen LogP contribution in [0.4, 0.5) is 0 Å². The fourth-order valence-corrected chi connectivity index (χ4v) is 3.85. The van der Waals surface area contributed by atoms with E-state index in [0.29, 0.717) is 32.5 Å². The molecule has 0 spiro atoms. The van der Waals surface area contributed by atoms with Crippen LogP contribution < -0.4 is 9.47 Å². The summed E-state index contributed by atoms with van der Waals surface area (Å²) in [6.07, 6.45) is 2.85. The lowest BCUT2D eigenvalue weighted by Crippen LogP contribution is -2.47. The minimum absolute atomic E-state index is 0.232. The van der Waals surface area contributed by atoms with Gasteiger partial charge in [0.25, 0.3) is 0 Å². The smallest absolute Gasteiger partial charge is 0.161 e. The molecule has 1 aromatic rings. The van der Waals surface area contributed by atoms with Crippen LogP contribution in [-0.2, 0) is 4.74 Å². The van der Waals surface area contributed by atoms with Crippen molar-refractivity contribution in [3.05, 3.63) is 24.3 Å². The van der Waals surface area contributed by atoms with Crippen LogP contribution in [0.5, 0.6) is 11.5 Å². The van der Waals surface area contributed by atoms with Gasteiger partial charge in [-0.05, 0) is 44.9 Å². The fraction of sp³-hybridized carbons (Fsp3) is 0.684. The molecule has 0 aliphatic carbocycles. The maximum absolute atomic E-state index is 10.3. The molecule has 2 aliphatic rings. The second-order valence-electron chi connectivity index (χ2n) is 6.57. The van der Waals surface area contributed by atoms with Crippen molar-refractivity contribution < 1.29 is 19.3 Å². The summed E-state index contributed by atoms with van der Waals surface area (Å²) in [5.41, 5.74) is 0. The van der Waals surface area contributed by atoms with Crippen molar-refractivity contribution in [2.75, 3.05) is 39.5 Å². The summed E-state index contributed by atoms with van der Waals surface area (Å²) < 4.78 is 17.2. The van der Waals surface area contributed by atoms with E-state index in [0.717, 1.165) is 37.4 Å². The summed E-state index contributed by atoms with van der Waals surface area (Å²) in [7, 11) is 0. The van der Waals surface area contributed by atoms with Gasteiger partial charge in [0.05, 0.1) is 19.3 Å². The maximum Gasteiger partial charge on any atom is 0.161 e. The van der Waals surface area contributed by atoms with Crippen LogP contribution in [0.25, 0.3) is 0 Å². The number of rotatable bonds is 7. The second kappa shape index (κ2) is 8.70. The predicted octanol–water partition coefficient (Wildman–Crippen LogP) is 2.33. The molecule has 0 radical (unpaired) electrons.